The van der Waals surface area contributed by atoms with E-state index < -0.39 is 5.82 Å². The number of nitrogens with one attached hydrogen (secondary N) is 2. The molecule has 2 fully saturated rings. The summed E-state index contributed by atoms with van der Waals surface area (Å²) in [7, 11) is 0. The maximum absolute atomic E-state index is 13.7. The summed E-state index contributed by atoms with van der Waals surface area (Å²) in [5.74, 6) is -0.495. The van der Waals surface area contributed by atoms with Crippen molar-refractivity contribution in [2.75, 3.05) is 18.5 Å². The lowest BCUT2D eigenvalue weighted by Gasteiger charge is -2.38. The third kappa shape index (κ3) is 8.31. The highest BCUT2D eigenvalue weighted by atomic mass is 32.1. The number of cyclic esters (lactones) is 1. The predicted molar refractivity (Wildman–Crippen MR) is 137 cm³/mol. The van der Waals surface area contributed by atoms with Crippen molar-refractivity contribution >= 4 is 41.1 Å². The number of hydrogen-bond donors (Lipinski definition) is 2. The summed E-state index contributed by atoms with van der Waals surface area (Å²) in [6.45, 7) is 1.19. The normalized spacial score (nSPS) is 16.0. The molecule has 0 unspecified atom stereocenters. The van der Waals surface area contributed by atoms with Crippen molar-refractivity contribution in [1.29, 1.82) is 0 Å². The van der Waals surface area contributed by atoms with Crippen LogP contribution in [0.4, 0.5) is 14.9 Å². The molecule has 3 aromatic rings. The molecule has 1 atom stereocenters. The molecule has 0 radical (unpaired) electrons. The second-order valence-electron chi connectivity index (χ2n) is 7.31. The number of likely N-dealkylation sites (tertiary alicyclic amines) is 1. The molecule has 0 saturated carbocycles. The number of benzene rings is 2. The van der Waals surface area contributed by atoms with Crippen molar-refractivity contribution in [3.8, 4) is 0 Å². The van der Waals surface area contributed by atoms with Crippen molar-refractivity contribution in [1.82, 2.24) is 15.2 Å². The summed E-state index contributed by atoms with van der Waals surface area (Å²) in [4.78, 5) is 27.2. The lowest BCUT2D eigenvalue weighted by Crippen LogP contribution is -2.56. The number of para-hydroxylation sites is 1. The summed E-state index contributed by atoms with van der Waals surface area (Å²) >= 11 is 5.23. The third-order valence-electron chi connectivity index (χ3n) is 4.78. The molecule has 180 valence electrons. The number of anilines is 1. The van der Waals surface area contributed by atoms with Crippen molar-refractivity contribution in [2.45, 2.75) is 12.5 Å². The average Bonchev–Trinajstić information content (AvgIpc) is 3.36. The number of ether oxygens (including phenoxy) is 1. The van der Waals surface area contributed by atoms with Gasteiger partial charge in [-0.2, -0.15) is 0 Å². The Morgan fingerprint density at radius 3 is 2.31 bits per heavy atom. The summed E-state index contributed by atoms with van der Waals surface area (Å²) in [6, 6.07) is 21.8. The lowest BCUT2D eigenvalue weighted by atomic mass is 10.0. The molecule has 1 aromatic heterocycles. The summed E-state index contributed by atoms with van der Waals surface area (Å²) in [5, 5.41) is 5.45. The minimum atomic E-state index is -0.412. The zero-order valence-electron chi connectivity index (χ0n) is 18.8. The van der Waals surface area contributed by atoms with Crippen LogP contribution in [-0.2, 0) is 9.53 Å². The van der Waals surface area contributed by atoms with Crippen LogP contribution in [0.2, 0.25) is 0 Å². The number of carbonyl (C=O) groups excluding carboxylic acids is 2. The molecule has 3 heterocycles. The topological polar surface area (TPSA) is 83.6 Å². The highest BCUT2D eigenvalue weighted by Crippen LogP contribution is 2.23. The number of pyridine rings is 1. The zero-order chi connectivity index (χ0) is 24.9. The molecule has 2 aliphatic rings. The van der Waals surface area contributed by atoms with Gasteiger partial charge in [-0.15, -0.1) is 0 Å². The summed E-state index contributed by atoms with van der Waals surface area (Å²) < 4.78 is 18.1. The molecule has 7 nitrogen and oxygen atoms in total. The number of β-lactam (4-membered cyclic amide) rings is 1. The van der Waals surface area contributed by atoms with E-state index in [1.54, 1.807) is 30.6 Å². The van der Waals surface area contributed by atoms with Crippen LogP contribution in [-0.4, -0.2) is 46.2 Å². The van der Waals surface area contributed by atoms with E-state index in [9.17, 15) is 14.0 Å². The van der Waals surface area contributed by atoms with E-state index in [4.69, 9.17) is 12.2 Å². The number of halogens is 1. The number of rotatable bonds is 3. The fourth-order valence-corrected chi connectivity index (χ4v) is 3.37. The highest BCUT2D eigenvalue weighted by molar-refractivity contribution is 7.80. The van der Waals surface area contributed by atoms with Crippen molar-refractivity contribution in [3.63, 3.8) is 0 Å². The molecular formula is C26H25FN4O3S. The van der Waals surface area contributed by atoms with E-state index in [0.717, 1.165) is 5.56 Å². The molecule has 2 saturated heterocycles. The second kappa shape index (κ2) is 13.6. The van der Waals surface area contributed by atoms with E-state index in [1.165, 1.54) is 11.0 Å². The number of hydrogen-bond acceptors (Lipinski definition) is 5. The molecule has 5 rings (SSSR count). The first kappa shape index (κ1) is 25.5. The average molecular weight is 493 g/mol. The van der Waals surface area contributed by atoms with Gasteiger partial charge in [0.2, 0.25) is 5.91 Å². The van der Waals surface area contributed by atoms with Crippen LogP contribution in [0.3, 0.4) is 0 Å². The number of alkyl carbamates (subject to hydrolysis) is 1. The van der Waals surface area contributed by atoms with E-state index in [-0.39, 0.29) is 28.8 Å². The predicted octanol–water partition coefficient (Wildman–Crippen LogP) is 4.64. The fraction of sp³-hybridized carbons (Fsp3) is 0.154. The third-order valence-corrected chi connectivity index (χ3v) is 5.08. The molecule has 0 aliphatic carbocycles. The Balaban J connectivity index is 0.000000231. The van der Waals surface area contributed by atoms with Crippen LogP contribution in [0.25, 0.3) is 6.08 Å². The van der Waals surface area contributed by atoms with Gasteiger partial charge in [-0.3, -0.25) is 14.7 Å². The second-order valence-corrected chi connectivity index (χ2v) is 7.69. The Bertz CT molecular complexity index is 1110. The quantitative estimate of drug-likeness (QED) is 0.409. The van der Waals surface area contributed by atoms with Crippen molar-refractivity contribution in [3.05, 3.63) is 103 Å². The van der Waals surface area contributed by atoms with Gasteiger partial charge in [-0.25, -0.2) is 9.18 Å². The largest absolute Gasteiger partial charge is 0.448 e. The Labute approximate surface area is 208 Å². The first-order valence-corrected chi connectivity index (χ1v) is 11.3. The van der Waals surface area contributed by atoms with E-state index >= 15 is 0 Å². The Morgan fingerprint density at radius 1 is 1.09 bits per heavy atom. The highest BCUT2D eigenvalue weighted by Gasteiger charge is 2.37. The van der Waals surface area contributed by atoms with Crippen LogP contribution in [0.5, 0.6) is 0 Å². The number of aromatic nitrogens is 1. The Morgan fingerprint density at radius 2 is 1.80 bits per heavy atom. The summed E-state index contributed by atoms with van der Waals surface area (Å²) in [6.07, 6.45) is 7.31. The smallest absolute Gasteiger partial charge is 0.407 e. The molecule has 0 spiro atoms. The Kier molecular flexibility index (Phi) is 9.89. The minimum Gasteiger partial charge on any atom is -0.448 e. The monoisotopic (exact) mass is 492 g/mol. The van der Waals surface area contributed by atoms with Crippen molar-refractivity contribution < 1.29 is 18.7 Å². The molecule has 2 aliphatic heterocycles. The van der Waals surface area contributed by atoms with Gasteiger partial charge in [-0.1, -0.05) is 66.7 Å². The maximum Gasteiger partial charge on any atom is 0.407 e. The maximum atomic E-state index is 13.7. The van der Waals surface area contributed by atoms with E-state index in [0.29, 0.717) is 19.6 Å². The molecule has 2 aromatic carbocycles. The lowest BCUT2D eigenvalue weighted by molar-refractivity contribution is -0.136. The molecule has 2 N–H and O–H groups in total. The molecule has 0 bridgehead atoms. The number of nitrogens with zero attached hydrogens (tertiary/aromatic N) is 2. The van der Waals surface area contributed by atoms with Gasteiger partial charge in [-0.05, 0) is 36.0 Å². The van der Waals surface area contributed by atoms with Crippen LogP contribution >= 0.6 is 12.2 Å². The number of thiocarbonyl (C=S) groups is 1. The van der Waals surface area contributed by atoms with Gasteiger partial charge in [0.25, 0.3) is 0 Å². The van der Waals surface area contributed by atoms with Gasteiger partial charge in [0.15, 0.2) is 5.11 Å². The number of carbonyl (C=O) groups is 2. The minimum absolute atomic E-state index is 0.0836. The van der Waals surface area contributed by atoms with Crippen LogP contribution in [0.1, 0.15) is 12.0 Å². The Hall–Kier alpha value is -4.11. The molecule has 35 heavy (non-hydrogen) atoms. The van der Waals surface area contributed by atoms with Crippen LogP contribution in [0, 0.1) is 5.82 Å². The molecule has 9 heteroatoms. The number of amides is 2. The van der Waals surface area contributed by atoms with Gasteiger partial charge in [0.05, 0.1) is 24.7 Å². The summed E-state index contributed by atoms with van der Waals surface area (Å²) in [5.41, 5.74) is 1.20. The standard InChI is InChI=1S/C17H14FN3OS.C6H6.C3H5NO2/c18-14-5-1-2-6-15(14)20-17(23)21-13(10-16(21)22)8-7-12-4-3-9-19-11-12;1-2-4-6-5-3-1;5-3-4-1-2-6-3/h1-9,11,13H,10H2,(H,20,23);1-6H;1-2H2,(H,4,5)/b8-7+;;/t13-;;/m1../s1. The molecular weight excluding hydrogens is 467 g/mol. The van der Waals surface area contributed by atoms with Crippen LogP contribution < -0.4 is 10.6 Å². The zero-order valence-corrected chi connectivity index (χ0v) is 19.7. The first-order valence-electron chi connectivity index (χ1n) is 10.9. The van der Waals surface area contributed by atoms with Crippen LogP contribution in [0.15, 0.2) is 91.3 Å². The van der Waals surface area contributed by atoms with E-state index in [2.05, 4.69) is 20.4 Å². The SMILES string of the molecule is O=C1C[C@@H](/C=C/c2cccnc2)N1C(=S)Nc1ccccc1F.O=C1NCCO1.c1ccccc1. The first-order chi connectivity index (χ1) is 17.0. The van der Waals surface area contributed by atoms with Crippen molar-refractivity contribution in [2.24, 2.45) is 0 Å². The van der Waals surface area contributed by atoms with Gasteiger partial charge >= 0.3 is 6.09 Å². The van der Waals surface area contributed by atoms with Gasteiger partial charge in [0.1, 0.15) is 12.4 Å². The van der Waals surface area contributed by atoms with Gasteiger partial charge in [0, 0.05) is 12.4 Å². The van der Waals surface area contributed by atoms with Gasteiger partial charge < -0.3 is 15.4 Å². The van der Waals surface area contributed by atoms with E-state index in [1.807, 2.05) is 60.7 Å². The fourth-order valence-electron chi connectivity index (χ4n) is 3.03. The molecule has 2 amide bonds.